The van der Waals surface area contributed by atoms with Crippen LogP contribution in [0.15, 0.2) is 18.2 Å². The van der Waals surface area contributed by atoms with E-state index in [1.807, 2.05) is 17.9 Å². The normalized spacial score (nSPS) is 21.4. The average molecular weight is 279 g/mol. The molecule has 1 fully saturated rings. The van der Waals surface area contributed by atoms with Crippen LogP contribution in [0.4, 0.5) is 0 Å². The molecule has 0 bridgehead atoms. The first kappa shape index (κ1) is 14.7. The van der Waals surface area contributed by atoms with Crippen LogP contribution in [-0.2, 0) is 4.79 Å². The summed E-state index contributed by atoms with van der Waals surface area (Å²) in [4.78, 5) is 13.4. The van der Waals surface area contributed by atoms with Gasteiger partial charge in [-0.15, -0.1) is 0 Å². The zero-order valence-corrected chi connectivity index (χ0v) is 11.9. The van der Waals surface area contributed by atoms with Crippen LogP contribution in [0.25, 0.3) is 0 Å². The molecule has 110 valence electrons. The summed E-state index contributed by atoms with van der Waals surface area (Å²) in [6.45, 7) is 2.77. The zero-order chi connectivity index (χ0) is 14.7. The maximum Gasteiger partial charge on any atom is 0.320 e. The maximum atomic E-state index is 11.4. The van der Waals surface area contributed by atoms with E-state index in [9.17, 15) is 15.0 Å². The highest BCUT2D eigenvalue weighted by atomic mass is 16.5. The Morgan fingerprint density at radius 1 is 1.45 bits per heavy atom. The Hall–Kier alpha value is -1.75. The van der Waals surface area contributed by atoms with Gasteiger partial charge in [-0.2, -0.15) is 0 Å². The molecule has 1 heterocycles. The minimum atomic E-state index is -0.762. The summed E-state index contributed by atoms with van der Waals surface area (Å²) in [6.07, 6.45) is 2.66. The van der Waals surface area contributed by atoms with Gasteiger partial charge in [0.15, 0.2) is 11.5 Å². The van der Waals surface area contributed by atoms with Gasteiger partial charge in [0, 0.05) is 6.04 Å². The number of carbonyl (C=O) groups is 1. The van der Waals surface area contributed by atoms with E-state index in [1.165, 1.54) is 7.11 Å². The molecule has 0 amide bonds. The molecule has 1 saturated heterocycles. The van der Waals surface area contributed by atoms with Gasteiger partial charge >= 0.3 is 5.97 Å². The van der Waals surface area contributed by atoms with Crippen LogP contribution in [0.1, 0.15) is 37.8 Å². The summed E-state index contributed by atoms with van der Waals surface area (Å²) >= 11 is 0. The highest BCUT2D eigenvalue weighted by Crippen LogP contribution is 2.33. The number of likely N-dealkylation sites (tertiary alicyclic amines) is 1. The molecule has 0 aliphatic carbocycles. The number of rotatable bonds is 4. The number of ether oxygens (including phenoxy) is 1. The average Bonchev–Trinajstić information content (AvgIpc) is 2.47. The topological polar surface area (TPSA) is 70.0 Å². The monoisotopic (exact) mass is 279 g/mol. The van der Waals surface area contributed by atoms with Crippen LogP contribution in [0.3, 0.4) is 0 Å². The quantitative estimate of drug-likeness (QED) is 0.885. The lowest BCUT2D eigenvalue weighted by molar-refractivity contribution is -0.145. The Balaban J connectivity index is 2.24. The fourth-order valence-electron chi connectivity index (χ4n) is 2.83. The first-order chi connectivity index (χ1) is 9.54. The molecule has 1 aliphatic heterocycles. The smallest absolute Gasteiger partial charge is 0.320 e. The van der Waals surface area contributed by atoms with Crippen LogP contribution in [0.2, 0.25) is 0 Å². The summed E-state index contributed by atoms with van der Waals surface area (Å²) in [5.41, 5.74) is 0.952. The first-order valence-electron chi connectivity index (χ1n) is 6.90. The Morgan fingerprint density at radius 3 is 2.85 bits per heavy atom. The minimum absolute atomic E-state index is 0.0223. The van der Waals surface area contributed by atoms with Crippen molar-refractivity contribution in [1.29, 1.82) is 0 Å². The summed E-state index contributed by atoms with van der Waals surface area (Å²) in [7, 11) is 1.50. The van der Waals surface area contributed by atoms with Gasteiger partial charge in [0.05, 0.1) is 7.11 Å². The van der Waals surface area contributed by atoms with Gasteiger partial charge in [-0.1, -0.05) is 12.5 Å². The van der Waals surface area contributed by atoms with Gasteiger partial charge in [0.25, 0.3) is 0 Å². The molecule has 2 N–H and O–H groups in total. The number of hydrogen-bond donors (Lipinski definition) is 2. The second kappa shape index (κ2) is 6.13. The number of nitrogens with zero attached hydrogens (tertiary/aromatic N) is 1. The Bertz CT molecular complexity index is 489. The molecule has 1 aromatic carbocycles. The van der Waals surface area contributed by atoms with Gasteiger partial charge in [-0.05, 0) is 44.0 Å². The Morgan fingerprint density at radius 2 is 2.20 bits per heavy atom. The third-order valence-electron chi connectivity index (χ3n) is 4.01. The summed E-state index contributed by atoms with van der Waals surface area (Å²) in [5, 5.41) is 19.0. The van der Waals surface area contributed by atoms with Crippen molar-refractivity contribution in [1.82, 2.24) is 4.90 Å². The van der Waals surface area contributed by atoms with E-state index in [1.54, 1.807) is 12.1 Å². The molecule has 0 radical (unpaired) electrons. The van der Waals surface area contributed by atoms with E-state index in [2.05, 4.69) is 0 Å². The molecule has 5 nitrogen and oxygen atoms in total. The fourth-order valence-corrected chi connectivity index (χ4v) is 2.83. The Labute approximate surface area is 118 Å². The molecular formula is C15H21NO4. The van der Waals surface area contributed by atoms with Crippen molar-refractivity contribution in [3.8, 4) is 11.5 Å². The van der Waals surface area contributed by atoms with E-state index >= 15 is 0 Å². The van der Waals surface area contributed by atoms with Crippen molar-refractivity contribution in [2.75, 3.05) is 13.7 Å². The number of carboxylic acids is 1. The van der Waals surface area contributed by atoms with Crippen LogP contribution in [0.5, 0.6) is 11.5 Å². The fraction of sp³-hybridized carbons (Fsp3) is 0.533. The second-order valence-electron chi connectivity index (χ2n) is 5.19. The molecule has 0 saturated carbocycles. The zero-order valence-electron chi connectivity index (χ0n) is 11.9. The van der Waals surface area contributed by atoms with Crippen molar-refractivity contribution in [2.45, 2.75) is 38.3 Å². The largest absolute Gasteiger partial charge is 0.504 e. The van der Waals surface area contributed by atoms with Gasteiger partial charge in [0.2, 0.25) is 0 Å². The molecule has 0 spiro atoms. The lowest BCUT2D eigenvalue weighted by Gasteiger charge is -2.37. The van der Waals surface area contributed by atoms with Crippen molar-refractivity contribution >= 4 is 5.97 Å². The number of aliphatic carboxylic acids is 1. The molecular weight excluding hydrogens is 258 g/mol. The highest BCUT2D eigenvalue weighted by molar-refractivity contribution is 5.73. The van der Waals surface area contributed by atoms with Gasteiger partial charge < -0.3 is 14.9 Å². The van der Waals surface area contributed by atoms with Crippen LogP contribution < -0.4 is 4.74 Å². The molecule has 2 rings (SSSR count). The van der Waals surface area contributed by atoms with Gasteiger partial charge in [-0.3, -0.25) is 9.69 Å². The number of phenolic OH excluding ortho intramolecular Hbond substituents is 1. The third kappa shape index (κ3) is 2.88. The highest BCUT2D eigenvalue weighted by Gasteiger charge is 2.32. The van der Waals surface area contributed by atoms with Crippen LogP contribution in [0, 0.1) is 0 Å². The van der Waals surface area contributed by atoms with Gasteiger partial charge in [-0.25, -0.2) is 0 Å². The van der Waals surface area contributed by atoms with Crippen molar-refractivity contribution in [3.05, 3.63) is 23.8 Å². The summed E-state index contributed by atoms with van der Waals surface area (Å²) in [6, 6.07) is 4.72. The standard InChI is InChI=1S/C15H21NO4/c1-10(11-6-7-13(17)14(9-11)20-2)16-8-4-3-5-12(16)15(18)19/h6-7,9-10,12,17H,3-5,8H2,1-2H3,(H,18,19). The van der Waals surface area contributed by atoms with E-state index in [4.69, 9.17) is 4.74 Å². The number of methoxy groups -OCH3 is 1. The SMILES string of the molecule is COc1cc(C(C)N2CCCCC2C(=O)O)ccc1O. The lowest BCUT2D eigenvalue weighted by atomic mass is 9.97. The van der Waals surface area contributed by atoms with Crippen molar-refractivity contribution in [2.24, 2.45) is 0 Å². The number of benzene rings is 1. The second-order valence-corrected chi connectivity index (χ2v) is 5.19. The maximum absolute atomic E-state index is 11.4. The van der Waals surface area contributed by atoms with Crippen LogP contribution >= 0.6 is 0 Å². The molecule has 5 heteroatoms. The molecule has 2 unspecified atom stereocenters. The number of piperidine rings is 1. The van der Waals surface area contributed by atoms with Crippen molar-refractivity contribution in [3.63, 3.8) is 0 Å². The Kier molecular flexibility index (Phi) is 4.49. The molecule has 20 heavy (non-hydrogen) atoms. The molecule has 1 aliphatic rings. The number of carboxylic acid groups (broad SMARTS) is 1. The van der Waals surface area contributed by atoms with E-state index in [0.717, 1.165) is 24.9 Å². The number of hydrogen-bond acceptors (Lipinski definition) is 4. The summed E-state index contributed by atoms with van der Waals surface area (Å²) in [5.74, 6) is -0.252. The third-order valence-corrected chi connectivity index (χ3v) is 4.01. The number of aromatic hydroxyl groups is 1. The van der Waals surface area contributed by atoms with Crippen LogP contribution in [-0.4, -0.2) is 40.8 Å². The first-order valence-corrected chi connectivity index (χ1v) is 6.90. The number of phenols is 1. The van der Waals surface area contributed by atoms with Crippen molar-refractivity contribution < 1.29 is 19.7 Å². The molecule has 0 aromatic heterocycles. The predicted molar refractivity (Wildman–Crippen MR) is 75.1 cm³/mol. The van der Waals surface area contributed by atoms with E-state index in [0.29, 0.717) is 12.2 Å². The summed E-state index contributed by atoms with van der Waals surface area (Å²) < 4.78 is 5.11. The lowest BCUT2D eigenvalue weighted by Crippen LogP contribution is -2.45. The molecule has 2 atom stereocenters. The molecule has 1 aromatic rings. The van der Waals surface area contributed by atoms with Gasteiger partial charge in [0.1, 0.15) is 6.04 Å². The van der Waals surface area contributed by atoms with E-state index in [-0.39, 0.29) is 11.8 Å². The predicted octanol–water partition coefficient (Wildman–Crippen LogP) is 2.40. The van der Waals surface area contributed by atoms with E-state index < -0.39 is 12.0 Å². The minimum Gasteiger partial charge on any atom is -0.504 e.